The molecule has 1 aliphatic heterocycles. The first kappa shape index (κ1) is 13.9. The molecular weight excluding hydrogens is 266 g/mol. The van der Waals surface area contributed by atoms with Crippen molar-refractivity contribution in [3.05, 3.63) is 22.4 Å². The van der Waals surface area contributed by atoms with Crippen molar-refractivity contribution in [2.45, 2.75) is 31.8 Å². The fraction of sp³-hybridized carbons (Fsp3) is 0.615. The van der Waals surface area contributed by atoms with Crippen LogP contribution in [0.3, 0.4) is 0 Å². The summed E-state index contributed by atoms with van der Waals surface area (Å²) in [6.45, 7) is 3.18. The lowest BCUT2D eigenvalue weighted by molar-refractivity contribution is -0.138. The lowest BCUT2D eigenvalue weighted by Gasteiger charge is -2.39. The van der Waals surface area contributed by atoms with Crippen molar-refractivity contribution in [2.24, 2.45) is 0 Å². The highest BCUT2D eigenvalue weighted by atomic mass is 32.2. The van der Waals surface area contributed by atoms with Gasteiger partial charge in [-0.05, 0) is 17.9 Å². The quantitative estimate of drug-likeness (QED) is 0.902. The lowest BCUT2D eigenvalue weighted by atomic mass is 10.1. The molecule has 1 N–H and O–H groups in total. The van der Waals surface area contributed by atoms with Gasteiger partial charge in [0, 0.05) is 35.0 Å². The highest BCUT2D eigenvalue weighted by Crippen LogP contribution is 2.33. The molecule has 5 heteroatoms. The Balaban J connectivity index is 2.13. The fourth-order valence-corrected chi connectivity index (χ4v) is 4.55. The van der Waals surface area contributed by atoms with Crippen molar-refractivity contribution in [2.75, 3.05) is 18.1 Å². The Morgan fingerprint density at radius 3 is 3.11 bits per heavy atom. The molecular formula is C13H19NO2S2. The molecule has 100 valence electrons. The number of rotatable bonds is 5. The summed E-state index contributed by atoms with van der Waals surface area (Å²) in [6, 6.07) is 4.80. The fourth-order valence-electron chi connectivity index (χ4n) is 2.54. The molecule has 2 unspecified atom stereocenters. The molecule has 0 aliphatic carbocycles. The van der Waals surface area contributed by atoms with Crippen molar-refractivity contribution in [1.82, 2.24) is 4.90 Å². The van der Waals surface area contributed by atoms with Crippen LogP contribution in [0, 0.1) is 0 Å². The summed E-state index contributed by atoms with van der Waals surface area (Å²) in [5, 5.41) is 11.1. The van der Waals surface area contributed by atoms with Crippen LogP contribution in [0.2, 0.25) is 0 Å². The van der Waals surface area contributed by atoms with E-state index < -0.39 is 5.97 Å². The van der Waals surface area contributed by atoms with Crippen molar-refractivity contribution in [1.29, 1.82) is 0 Å². The predicted molar refractivity (Wildman–Crippen MR) is 77.4 cm³/mol. The normalized spacial score (nSPS) is 22.8. The summed E-state index contributed by atoms with van der Waals surface area (Å²) >= 11 is 3.65. The van der Waals surface area contributed by atoms with Crippen LogP contribution in [0.15, 0.2) is 17.5 Å². The summed E-state index contributed by atoms with van der Waals surface area (Å²) < 4.78 is 0. The molecule has 2 atom stereocenters. The Morgan fingerprint density at radius 1 is 1.67 bits per heavy atom. The third-order valence-corrected chi connectivity index (χ3v) is 5.41. The molecule has 1 aliphatic rings. The molecule has 0 bridgehead atoms. The van der Waals surface area contributed by atoms with Crippen LogP contribution in [0.1, 0.15) is 30.7 Å². The van der Waals surface area contributed by atoms with Gasteiger partial charge < -0.3 is 5.11 Å². The molecule has 18 heavy (non-hydrogen) atoms. The van der Waals surface area contributed by atoms with Crippen molar-refractivity contribution >= 4 is 29.1 Å². The highest BCUT2D eigenvalue weighted by Gasteiger charge is 2.30. The van der Waals surface area contributed by atoms with E-state index in [-0.39, 0.29) is 12.5 Å². The van der Waals surface area contributed by atoms with Crippen LogP contribution in [0.4, 0.5) is 0 Å². The number of nitrogens with zero attached hydrogens (tertiary/aromatic N) is 1. The predicted octanol–water partition coefficient (Wildman–Crippen LogP) is 3.09. The number of carboxylic acids is 1. The standard InChI is InChI=1S/C13H19NO2S2/c1-2-11(12-4-3-6-18-12)14-5-7-17-9-10(14)8-13(15)16/h3-4,6,10-11H,2,5,7-9H2,1H3,(H,15,16). The van der Waals surface area contributed by atoms with E-state index in [0.717, 1.165) is 24.5 Å². The molecule has 1 fully saturated rings. The molecule has 1 aromatic rings. The van der Waals surface area contributed by atoms with Gasteiger partial charge in [-0.15, -0.1) is 11.3 Å². The summed E-state index contributed by atoms with van der Waals surface area (Å²) in [5.41, 5.74) is 0. The van der Waals surface area contributed by atoms with E-state index in [4.69, 9.17) is 5.11 Å². The number of thiophene rings is 1. The minimum absolute atomic E-state index is 0.174. The number of thioether (sulfide) groups is 1. The molecule has 0 saturated carbocycles. The highest BCUT2D eigenvalue weighted by molar-refractivity contribution is 7.99. The van der Waals surface area contributed by atoms with E-state index in [1.165, 1.54) is 4.88 Å². The van der Waals surface area contributed by atoms with Gasteiger partial charge in [0.15, 0.2) is 0 Å². The van der Waals surface area contributed by atoms with Gasteiger partial charge in [-0.25, -0.2) is 0 Å². The van der Waals surface area contributed by atoms with E-state index in [2.05, 4.69) is 29.3 Å². The first-order valence-corrected chi connectivity index (χ1v) is 8.34. The molecule has 0 spiro atoms. The Kier molecular flexibility index (Phi) is 5.09. The van der Waals surface area contributed by atoms with Crippen LogP contribution in [-0.4, -0.2) is 40.1 Å². The molecule has 0 radical (unpaired) electrons. The van der Waals surface area contributed by atoms with Crippen LogP contribution in [0.5, 0.6) is 0 Å². The third-order valence-electron chi connectivity index (χ3n) is 3.34. The first-order valence-electron chi connectivity index (χ1n) is 6.31. The van der Waals surface area contributed by atoms with Crippen molar-refractivity contribution in [3.63, 3.8) is 0 Å². The summed E-state index contributed by atoms with van der Waals surface area (Å²) in [7, 11) is 0. The second kappa shape index (κ2) is 6.59. The molecule has 3 nitrogen and oxygen atoms in total. The van der Waals surface area contributed by atoms with Gasteiger partial charge >= 0.3 is 5.97 Å². The van der Waals surface area contributed by atoms with Gasteiger partial charge in [0.2, 0.25) is 0 Å². The van der Waals surface area contributed by atoms with Crippen LogP contribution in [-0.2, 0) is 4.79 Å². The maximum absolute atomic E-state index is 11.0. The molecule has 0 aromatic carbocycles. The zero-order valence-electron chi connectivity index (χ0n) is 10.5. The number of aliphatic carboxylic acids is 1. The maximum Gasteiger partial charge on any atom is 0.304 e. The first-order chi connectivity index (χ1) is 8.72. The minimum Gasteiger partial charge on any atom is -0.481 e. The Morgan fingerprint density at radius 2 is 2.50 bits per heavy atom. The van der Waals surface area contributed by atoms with Crippen LogP contribution in [0.25, 0.3) is 0 Å². The SMILES string of the molecule is CCC(c1cccs1)N1CCSCC1CC(=O)O. The monoisotopic (exact) mass is 285 g/mol. The number of hydrogen-bond acceptors (Lipinski definition) is 4. The average Bonchev–Trinajstić information content (AvgIpc) is 2.85. The van der Waals surface area contributed by atoms with Gasteiger partial charge in [-0.3, -0.25) is 9.69 Å². The average molecular weight is 285 g/mol. The zero-order chi connectivity index (χ0) is 13.0. The van der Waals surface area contributed by atoms with Crippen LogP contribution >= 0.6 is 23.1 Å². The minimum atomic E-state index is -0.687. The van der Waals surface area contributed by atoms with E-state index in [1.807, 2.05) is 11.8 Å². The van der Waals surface area contributed by atoms with E-state index in [0.29, 0.717) is 6.04 Å². The summed E-state index contributed by atoms with van der Waals surface area (Å²) in [5.74, 6) is 1.36. The Hall–Kier alpha value is -0.520. The van der Waals surface area contributed by atoms with Crippen molar-refractivity contribution < 1.29 is 9.90 Å². The lowest BCUT2D eigenvalue weighted by Crippen LogP contribution is -2.45. The number of carboxylic acid groups (broad SMARTS) is 1. The second-order valence-corrected chi connectivity index (χ2v) is 6.63. The smallest absolute Gasteiger partial charge is 0.304 e. The van der Waals surface area contributed by atoms with Gasteiger partial charge in [-0.1, -0.05) is 13.0 Å². The van der Waals surface area contributed by atoms with Crippen LogP contribution < -0.4 is 0 Å². The molecule has 2 heterocycles. The number of hydrogen-bond donors (Lipinski definition) is 1. The number of carbonyl (C=O) groups is 1. The van der Waals surface area contributed by atoms with E-state index >= 15 is 0 Å². The summed E-state index contributed by atoms with van der Waals surface area (Å²) in [6.07, 6.45) is 1.30. The maximum atomic E-state index is 11.0. The van der Waals surface area contributed by atoms with Gasteiger partial charge in [0.05, 0.1) is 6.42 Å². The van der Waals surface area contributed by atoms with E-state index in [9.17, 15) is 4.79 Å². The second-order valence-electron chi connectivity index (χ2n) is 4.50. The van der Waals surface area contributed by atoms with E-state index in [1.54, 1.807) is 11.3 Å². The molecule has 1 aromatic heterocycles. The van der Waals surface area contributed by atoms with Gasteiger partial charge in [0.25, 0.3) is 0 Å². The summed E-state index contributed by atoms with van der Waals surface area (Å²) in [4.78, 5) is 14.7. The van der Waals surface area contributed by atoms with Gasteiger partial charge in [0.1, 0.15) is 0 Å². The molecule has 1 saturated heterocycles. The Labute approximate surface area is 116 Å². The molecule has 2 rings (SSSR count). The topological polar surface area (TPSA) is 40.5 Å². The van der Waals surface area contributed by atoms with Gasteiger partial charge in [-0.2, -0.15) is 11.8 Å². The zero-order valence-corrected chi connectivity index (χ0v) is 12.2. The Bertz CT molecular complexity index is 380. The molecule has 0 amide bonds. The van der Waals surface area contributed by atoms with Crippen molar-refractivity contribution in [3.8, 4) is 0 Å². The third kappa shape index (κ3) is 3.28. The largest absolute Gasteiger partial charge is 0.481 e.